The number of rotatable bonds is 4. The van der Waals surface area contributed by atoms with Crippen molar-refractivity contribution in [1.82, 2.24) is 5.32 Å². The van der Waals surface area contributed by atoms with Crippen LogP contribution in [0.15, 0.2) is 18.2 Å². The fourth-order valence-corrected chi connectivity index (χ4v) is 2.91. The van der Waals surface area contributed by atoms with Crippen LogP contribution in [0.3, 0.4) is 0 Å². The zero-order valence-electron chi connectivity index (χ0n) is 12.6. The van der Waals surface area contributed by atoms with Crippen LogP contribution in [-0.2, 0) is 17.1 Å². The lowest BCUT2D eigenvalue weighted by Gasteiger charge is -2.27. The van der Waals surface area contributed by atoms with Crippen LogP contribution in [0.25, 0.3) is 0 Å². The molecule has 1 N–H and O–H groups in total. The number of amides is 1. The van der Waals surface area contributed by atoms with Crippen LogP contribution in [0.5, 0.6) is 0 Å². The van der Waals surface area contributed by atoms with Crippen LogP contribution in [0.1, 0.15) is 42.4 Å². The lowest BCUT2D eigenvalue weighted by Crippen LogP contribution is -2.27. The molecule has 0 saturated carbocycles. The van der Waals surface area contributed by atoms with Gasteiger partial charge in [-0.25, -0.2) is 4.79 Å². The van der Waals surface area contributed by atoms with Crippen LogP contribution in [0.4, 0.5) is 31.1 Å². The van der Waals surface area contributed by atoms with Crippen molar-refractivity contribution in [1.29, 1.82) is 0 Å². The van der Waals surface area contributed by atoms with E-state index in [9.17, 15) is 31.1 Å². The molecule has 0 bridgehead atoms. The second-order valence-corrected chi connectivity index (χ2v) is 5.49. The summed E-state index contributed by atoms with van der Waals surface area (Å²) in [5.41, 5.74) is -3.94. The zero-order valence-corrected chi connectivity index (χ0v) is 12.6. The van der Waals surface area contributed by atoms with E-state index in [0.717, 1.165) is 12.1 Å². The van der Waals surface area contributed by atoms with Crippen LogP contribution in [0, 0.1) is 0 Å². The number of carbonyl (C=O) groups excluding carboxylic acids is 1. The molecule has 1 saturated heterocycles. The Hall–Kier alpha value is -1.93. The summed E-state index contributed by atoms with van der Waals surface area (Å²) < 4.78 is 84.2. The molecule has 3 nitrogen and oxygen atoms in total. The van der Waals surface area contributed by atoms with Crippen molar-refractivity contribution in [2.24, 2.45) is 0 Å². The lowest BCUT2D eigenvalue weighted by atomic mass is 9.84. The molecule has 9 heteroatoms. The first-order valence-electron chi connectivity index (χ1n) is 7.27. The summed E-state index contributed by atoms with van der Waals surface area (Å²) >= 11 is 0. The molecule has 1 amide bonds. The maximum atomic E-state index is 13.4. The van der Waals surface area contributed by atoms with Crippen molar-refractivity contribution in [3.63, 3.8) is 0 Å². The highest BCUT2D eigenvalue weighted by atomic mass is 19.4. The summed E-state index contributed by atoms with van der Waals surface area (Å²) in [6, 6.07) is 2.37. The van der Waals surface area contributed by atoms with Crippen molar-refractivity contribution in [2.75, 3.05) is 6.54 Å². The van der Waals surface area contributed by atoms with E-state index in [2.05, 4.69) is 5.32 Å². The number of hydrogen-bond acceptors (Lipinski definition) is 2. The van der Waals surface area contributed by atoms with Crippen molar-refractivity contribution >= 4 is 6.09 Å². The van der Waals surface area contributed by atoms with Gasteiger partial charge in [0.25, 0.3) is 0 Å². The predicted octanol–water partition coefficient (Wildman–Crippen LogP) is 4.72. The quantitative estimate of drug-likeness (QED) is 0.794. The van der Waals surface area contributed by atoms with Gasteiger partial charge in [0.1, 0.15) is 6.10 Å². The lowest BCUT2D eigenvalue weighted by molar-refractivity contribution is -0.162. The normalized spacial score (nSPS) is 19.8. The minimum absolute atomic E-state index is 0.0446. The Morgan fingerprint density at radius 2 is 1.88 bits per heavy atom. The van der Waals surface area contributed by atoms with Gasteiger partial charge in [-0.3, -0.25) is 0 Å². The third-order valence-corrected chi connectivity index (χ3v) is 3.84. The second kappa shape index (κ2) is 6.52. The Balaban J connectivity index is 2.60. The first kappa shape index (κ1) is 18.4. The highest BCUT2D eigenvalue weighted by Gasteiger charge is 2.46. The van der Waals surface area contributed by atoms with Crippen LogP contribution in [-0.4, -0.2) is 18.7 Å². The van der Waals surface area contributed by atoms with Crippen molar-refractivity contribution < 1.29 is 35.9 Å². The second-order valence-electron chi connectivity index (χ2n) is 5.49. The topological polar surface area (TPSA) is 38.3 Å². The monoisotopic (exact) mass is 355 g/mol. The van der Waals surface area contributed by atoms with Gasteiger partial charge in [-0.1, -0.05) is 25.5 Å². The molecule has 1 heterocycles. The molecule has 2 atom stereocenters. The highest BCUT2D eigenvalue weighted by Crippen LogP contribution is 2.45. The maximum Gasteiger partial charge on any atom is 0.417 e. The molecule has 1 fully saturated rings. The smallest absolute Gasteiger partial charge is 0.417 e. The number of ether oxygens (including phenoxy) is 1. The molecule has 134 valence electrons. The molecule has 1 aliphatic rings. The zero-order chi connectivity index (χ0) is 18.1. The number of cyclic esters (lactones) is 1. The summed E-state index contributed by atoms with van der Waals surface area (Å²) in [7, 11) is 0. The molecule has 1 aromatic rings. The van der Waals surface area contributed by atoms with Crippen molar-refractivity contribution in [2.45, 2.75) is 44.1 Å². The average Bonchev–Trinajstić information content (AvgIpc) is 2.88. The number of carbonyl (C=O) groups is 1. The fourth-order valence-electron chi connectivity index (χ4n) is 2.91. The largest absolute Gasteiger partial charge is 0.444 e. The molecular weight excluding hydrogens is 340 g/mol. The number of alkyl halides is 6. The minimum Gasteiger partial charge on any atom is -0.444 e. The fraction of sp³-hybridized carbons (Fsp3) is 0.533. The average molecular weight is 355 g/mol. The SMILES string of the molecule is CCCC(c1cccc(C(F)(F)F)c1C(F)(F)F)C1CNC(=O)O1. The van der Waals surface area contributed by atoms with E-state index in [-0.39, 0.29) is 13.0 Å². The predicted molar refractivity (Wildman–Crippen MR) is 72.4 cm³/mol. The Morgan fingerprint density at radius 3 is 2.33 bits per heavy atom. The van der Waals surface area contributed by atoms with Gasteiger partial charge >= 0.3 is 18.4 Å². The molecule has 0 aliphatic carbocycles. The number of hydrogen-bond donors (Lipinski definition) is 1. The number of benzene rings is 1. The summed E-state index contributed by atoms with van der Waals surface area (Å²) in [6.45, 7) is 1.65. The number of halogens is 6. The first-order valence-corrected chi connectivity index (χ1v) is 7.27. The Kier molecular flexibility index (Phi) is 5.00. The summed E-state index contributed by atoms with van der Waals surface area (Å²) in [6.07, 6.45) is -11.5. The van der Waals surface area contributed by atoms with E-state index in [4.69, 9.17) is 4.74 Å². The molecule has 1 aliphatic heterocycles. The van der Waals surface area contributed by atoms with Crippen LogP contribution >= 0.6 is 0 Å². The molecule has 2 unspecified atom stereocenters. The van der Waals surface area contributed by atoms with Gasteiger partial charge in [-0.05, 0) is 18.1 Å². The molecule has 2 rings (SSSR count). The van der Waals surface area contributed by atoms with Gasteiger partial charge in [0.2, 0.25) is 0 Å². The molecule has 1 aromatic carbocycles. The highest BCUT2D eigenvalue weighted by molar-refractivity contribution is 5.69. The van der Waals surface area contributed by atoms with E-state index in [1.54, 1.807) is 6.92 Å². The van der Waals surface area contributed by atoms with Gasteiger partial charge in [-0.15, -0.1) is 0 Å². The summed E-state index contributed by atoms with van der Waals surface area (Å²) in [5, 5.41) is 2.32. The van der Waals surface area contributed by atoms with Gasteiger partial charge in [0.05, 0.1) is 17.7 Å². The summed E-state index contributed by atoms with van der Waals surface area (Å²) in [5.74, 6) is -0.979. The first-order chi connectivity index (χ1) is 11.1. The van der Waals surface area contributed by atoms with Crippen molar-refractivity contribution in [3.05, 3.63) is 34.9 Å². The van der Waals surface area contributed by atoms with Crippen LogP contribution in [0.2, 0.25) is 0 Å². The van der Waals surface area contributed by atoms with E-state index in [0.29, 0.717) is 12.5 Å². The molecule has 0 radical (unpaired) electrons. The third-order valence-electron chi connectivity index (χ3n) is 3.84. The van der Waals surface area contributed by atoms with E-state index >= 15 is 0 Å². The van der Waals surface area contributed by atoms with Gasteiger partial charge in [-0.2, -0.15) is 26.3 Å². The van der Waals surface area contributed by atoms with Crippen LogP contribution < -0.4 is 5.32 Å². The van der Waals surface area contributed by atoms with E-state index in [1.165, 1.54) is 0 Å². The van der Waals surface area contributed by atoms with E-state index < -0.39 is 47.2 Å². The number of alkyl carbamates (subject to hydrolysis) is 1. The maximum absolute atomic E-state index is 13.4. The minimum atomic E-state index is -5.18. The van der Waals surface area contributed by atoms with E-state index in [1.807, 2.05) is 0 Å². The summed E-state index contributed by atoms with van der Waals surface area (Å²) in [4.78, 5) is 11.2. The third kappa shape index (κ3) is 3.76. The molecule has 24 heavy (non-hydrogen) atoms. The molecule has 0 spiro atoms. The molecule has 0 aromatic heterocycles. The van der Waals surface area contributed by atoms with Gasteiger partial charge in [0.15, 0.2) is 0 Å². The van der Waals surface area contributed by atoms with Gasteiger partial charge < -0.3 is 10.1 Å². The number of nitrogens with one attached hydrogen (secondary N) is 1. The molecular formula is C15H15F6NO2. The Morgan fingerprint density at radius 1 is 1.21 bits per heavy atom. The standard InChI is InChI=1S/C15H15F6NO2/c1-2-4-8(11-7-22-13(23)24-11)9-5-3-6-10(14(16,17)18)12(9)15(19,20)21/h3,5-6,8,11H,2,4,7H2,1H3,(H,22,23). The Labute approximate surface area is 134 Å². The van der Waals surface area contributed by atoms with Crippen molar-refractivity contribution in [3.8, 4) is 0 Å². The van der Waals surface area contributed by atoms with Gasteiger partial charge in [0, 0.05) is 5.92 Å². The Bertz CT molecular complexity index is 611.